The predicted molar refractivity (Wildman–Crippen MR) is 124 cm³/mol. The average molecular weight is 472 g/mol. The smallest absolute Gasteiger partial charge is 0.338 e. The molecule has 33 heavy (non-hydrogen) atoms. The maximum atomic E-state index is 13.1. The van der Waals surface area contributed by atoms with Gasteiger partial charge in [0.2, 0.25) is 0 Å². The number of sulfonamides is 1. The van der Waals surface area contributed by atoms with Crippen molar-refractivity contribution in [3.8, 4) is 17.2 Å². The molecule has 0 unspecified atom stereocenters. The highest BCUT2D eigenvalue weighted by Crippen LogP contribution is 2.26. The van der Waals surface area contributed by atoms with Crippen LogP contribution in [0.15, 0.2) is 71.6 Å². The van der Waals surface area contributed by atoms with Crippen molar-refractivity contribution in [3.63, 3.8) is 0 Å². The zero-order chi connectivity index (χ0) is 24.0. The van der Waals surface area contributed by atoms with E-state index in [-0.39, 0.29) is 17.1 Å². The highest BCUT2D eigenvalue weighted by Gasteiger charge is 2.23. The minimum absolute atomic E-state index is 0.0331. The Kier molecular flexibility index (Phi) is 7.44. The molecule has 0 spiro atoms. The van der Waals surface area contributed by atoms with Crippen LogP contribution in [0.2, 0.25) is 0 Å². The van der Waals surface area contributed by atoms with Gasteiger partial charge in [0, 0.05) is 12.6 Å². The first-order chi connectivity index (χ1) is 15.8. The third kappa shape index (κ3) is 5.38. The lowest BCUT2D eigenvalue weighted by atomic mass is 10.2. The molecule has 0 amide bonds. The standard InChI is InChI=1S/C24H25NO7S/c1-25(19-8-10-20(29-2)11-9-19)33(27,28)22-7-5-6-17(15-22)24(26)32-16-18-14-21(30-3)12-13-23(18)31-4/h5-15H,16H2,1-4H3. The summed E-state index contributed by atoms with van der Waals surface area (Å²) < 4.78 is 48.3. The Labute approximate surface area is 193 Å². The molecular weight excluding hydrogens is 446 g/mol. The molecule has 0 N–H and O–H groups in total. The highest BCUT2D eigenvalue weighted by atomic mass is 32.2. The van der Waals surface area contributed by atoms with E-state index in [0.717, 1.165) is 4.31 Å². The number of benzene rings is 3. The fourth-order valence-corrected chi connectivity index (χ4v) is 4.34. The Morgan fingerprint density at radius 3 is 2.15 bits per heavy atom. The normalized spacial score (nSPS) is 10.9. The Morgan fingerprint density at radius 1 is 0.848 bits per heavy atom. The molecule has 0 fully saturated rings. The molecule has 0 aliphatic heterocycles. The van der Waals surface area contributed by atoms with E-state index in [2.05, 4.69) is 0 Å². The monoisotopic (exact) mass is 471 g/mol. The third-order valence-corrected chi connectivity index (χ3v) is 6.79. The van der Waals surface area contributed by atoms with Crippen LogP contribution in [0.5, 0.6) is 17.2 Å². The number of nitrogens with zero attached hydrogens (tertiary/aromatic N) is 1. The van der Waals surface area contributed by atoms with E-state index in [0.29, 0.717) is 28.5 Å². The number of methoxy groups -OCH3 is 3. The van der Waals surface area contributed by atoms with Gasteiger partial charge in [-0.15, -0.1) is 0 Å². The van der Waals surface area contributed by atoms with Gasteiger partial charge in [-0.3, -0.25) is 4.31 Å². The first-order valence-corrected chi connectivity index (χ1v) is 11.3. The molecule has 3 rings (SSSR count). The fraction of sp³-hybridized carbons (Fsp3) is 0.208. The maximum absolute atomic E-state index is 13.1. The van der Waals surface area contributed by atoms with Crippen molar-refractivity contribution in [2.45, 2.75) is 11.5 Å². The van der Waals surface area contributed by atoms with Gasteiger partial charge in [0.15, 0.2) is 0 Å². The lowest BCUT2D eigenvalue weighted by Crippen LogP contribution is -2.26. The highest BCUT2D eigenvalue weighted by molar-refractivity contribution is 7.92. The van der Waals surface area contributed by atoms with Crippen molar-refractivity contribution >= 4 is 21.7 Å². The van der Waals surface area contributed by atoms with E-state index in [4.69, 9.17) is 18.9 Å². The second-order valence-corrected chi connectivity index (χ2v) is 8.92. The molecule has 3 aromatic carbocycles. The summed E-state index contributed by atoms with van der Waals surface area (Å²) in [6, 6.07) is 17.5. The van der Waals surface area contributed by atoms with Gasteiger partial charge in [-0.25, -0.2) is 13.2 Å². The van der Waals surface area contributed by atoms with E-state index in [9.17, 15) is 13.2 Å². The number of ether oxygens (including phenoxy) is 4. The number of anilines is 1. The Bertz CT molecular complexity index is 1220. The Hall–Kier alpha value is -3.72. The molecule has 0 bridgehead atoms. The van der Waals surface area contributed by atoms with Crippen LogP contribution in [-0.4, -0.2) is 42.8 Å². The van der Waals surface area contributed by atoms with E-state index in [1.54, 1.807) is 42.5 Å². The van der Waals surface area contributed by atoms with Crippen LogP contribution in [0.4, 0.5) is 5.69 Å². The molecule has 174 valence electrons. The van der Waals surface area contributed by atoms with E-state index in [1.807, 2.05) is 0 Å². The average Bonchev–Trinajstić information content (AvgIpc) is 2.86. The number of esters is 1. The number of hydrogen-bond acceptors (Lipinski definition) is 7. The molecule has 3 aromatic rings. The number of rotatable bonds is 9. The summed E-state index contributed by atoms with van der Waals surface area (Å²) in [5, 5.41) is 0. The Morgan fingerprint density at radius 2 is 1.52 bits per heavy atom. The van der Waals surface area contributed by atoms with Gasteiger partial charge in [-0.1, -0.05) is 6.07 Å². The number of carbonyl (C=O) groups excluding carboxylic acids is 1. The second-order valence-electron chi connectivity index (χ2n) is 6.95. The fourth-order valence-electron chi connectivity index (χ4n) is 3.09. The van der Waals surface area contributed by atoms with Crippen LogP contribution in [-0.2, 0) is 21.4 Å². The molecule has 9 heteroatoms. The van der Waals surface area contributed by atoms with Crippen LogP contribution in [0.1, 0.15) is 15.9 Å². The third-order valence-electron chi connectivity index (χ3n) is 5.01. The van der Waals surface area contributed by atoms with Crippen LogP contribution in [0, 0.1) is 0 Å². The van der Waals surface area contributed by atoms with Crippen molar-refractivity contribution in [2.24, 2.45) is 0 Å². The van der Waals surface area contributed by atoms with Gasteiger partial charge in [-0.05, 0) is 60.7 Å². The van der Waals surface area contributed by atoms with Crippen molar-refractivity contribution in [1.82, 2.24) is 0 Å². The summed E-state index contributed by atoms with van der Waals surface area (Å²) in [6.07, 6.45) is 0. The minimum atomic E-state index is -3.91. The van der Waals surface area contributed by atoms with Crippen LogP contribution in [0.25, 0.3) is 0 Å². The van der Waals surface area contributed by atoms with Crippen molar-refractivity contribution < 1.29 is 32.2 Å². The van der Waals surface area contributed by atoms with Gasteiger partial charge in [0.25, 0.3) is 10.0 Å². The van der Waals surface area contributed by atoms with Crippen LogP contribution >= 0.6 is 0 Å². The summed E-state index contributed by atoms with van der Waals surface area (Å²) >= 11 is 0. The van der Waals surface area contributed by atoms with Gasteiger partial charge in [0.1, 0.15) is 23.9 Å². The Balaban J connectivity index is 1.79. The van der Waals surface area contributed by atoms with E-state index < -0.39 is 16.0 Å². The maximum Gasteiger partial charge on any atom is 0.338 e. The quantitative estimate of drug-likeness (QED) is 0.437. The molecule has 8 nitrogen and oxygen atoms in total. The molecule has 0 atom stereocenters. The second kappa shape index (κ2) is 10.3. The van der Waals surface area contributed by atoms with Gasteiger partial charge in [-0.2, -0.15) is 0 Å². The summed E-state index contributed by atoms with van der Waals surface area (Å²) in [5.74, 6) is 1.09. The lowest BCUT2D eigenvalue weighted by Gasteiger charge is -2.20. The molecule has 0 aromatic heterocycles. The summed E-state index contributed by atoms with van der Waals surface area (Å²) in [7, 11) is 2.12. The number of hydrogen-bond donors (Lipinski definition) is 0. The topological polar surface area (TPSA) is 91.4 Å². The van der Waals surface area contributed by atoms with Crippen LogP contribution in [0.3, 0.4) is 0 Å². The zero-order valence-electron chi connectivity index (χ0n) is 18.8. The van der Waals surface area contributed by atoms with Gasteiger partial charge < -0.3 is 18.9 Å². The summed E-state index contributed by atoms with van der Waals surface area (Å²) in [4.78, 5) is 12.6. The van der Waals surface area contributed by atoms with Gasteiger partial charge >= 0.3 is 5.97 Å². The van der Waals surface area contributed by atoms with Crippen LogP contribution < -0.4 is 18.5 Å². The molecule has 0 aliphatic rings. The zero-order valence-corrected chi connectivity index (χ0v) is 19.6. The summed E-state index contributed by atoms with van der Waals surface area (Å²) in [6.45, 7) is -0.0675. The molecule has 0 heterocycles. The molecule has 0 saturated heterocycles. The van der Waals surface area contributed by atoms with E-state index in [1.165, 1.54) is 52.6 Å². The molecule has 0 aliphatic carbocycles. The molecule has 0 saturated carbocycles. The van der Waals surface area contributed by atoms with Crippen molar-refractivity contribution in [1.29, 1.82) is 0 Å². The minimum Gasteiger partial charge on any atom is -0.497 e. The number of carbonyl (C=O) groups is 1. The largest absolute Gasteiger partial charge is 0.497 e. The SMILES string of the molecule is COc1ccc(N(C)S(=O)(=O)c2cccc(C(=O)OCc3cc(OC)ccc3OC)c2)cc1. The van der Waals surface area contributed by atoms with Gasteiger partial charge in [0.05, 0.1) is 37.5 Å². The molecular formula is C24H25NO7S. The molecule has 0 radical (unpaired) electrons. The summed E-state index contributed by atoms with van der Waals surface area (Å²) in [5.41, 5.74) is 1.18. The van der Waals surface area contributed by atoms with Crippen molar-refractivity contribution in [2.75, 3.05) is 32.7 Å². The first kappa shape index (κ1) is 23.9. The predicted octanol–water partition coefficient (Wildman–Crippen LogP) is 3.89. The van der Waals surface area contributed by atoms with Crippen molar-refractivity contribution in [3.05, 3.63) is 77.9 Å². The first-order valence-electron chi connectivity index (χ1n) is 9.91. The lowest BCUT2D eigenvalue weighted by molar-refractivity contribution is 0.0469. The van der Waals surface area contributed by atoms with E-state index >= 15 is 0 Å².